The van der Waals surface area contributed by atoms with E-state index in [1.165, 1.54) is 31.4 Å². The number of ether oxygens (including phenoxy) is 1. The standard InChI is InChI=1S/C20H21N3O5/c1-14-6-8-16(9-7-14)19(24)22-18(20(25)21-10-11-28-2)13-15-4-3-5-17(12-15)23(26)27/h3-9,12-13H,10-11H2,1-2H3,(H,21,25)(H,22,24)/b18-13-. The van der Waals surface area contributed by atoms with E-state index in [2.05, 4.69) is 10.6 Å². The molecule has 0 aliphatic heterocycles. The number of benzene rings is 2. The highest BCUT2D eigenvalue weighted by atomic mass is 16.6. The molecule has 2 amide bonds. The van der Waals surface area contributed by atoms with Crippen LogP contribution >= 0.6 is 0 Å². The Hall–Kier alpha value is -3.52. The zero-order valence-corrected chi connectivity index (χ0v) is 15.6. The topological polar surface area (TPSA) is 111 Å². The van der Waals surface area contributed by atoms with Crippen LogP contribution in [0.2, 0.25) is 0 Å². The molecule has 8 nitrogen and oxygen atoms in total. The quantitative estimate of drug-likeness (QED) is 0.315. The number of carbonyl (C=O) groups excluding carboxylic acids is 2. The number of non-ortho nitro benzene ring substituents is 1. The summed E-state index contributed by atoms with van der Waals surface area (Å²) in [5.74, 6) is -0.984. The highest BCUT2D eigenvalue weighted by Crippen LogP contribution is 2.15. The first-order valence-corrected chi connectivity index (χ1v) is 8.52. The summed E-state index contributed by atoms with van der Waals surface area (Å²) < 4.78 is 4.90. The second kappa shape index (κ2) is 9.98. The van der Waals surface area contributed by atoms with Gasteiger partial charge >= 0.3 is 0 Å². The van der Waals surface area contributed by atoms with Crippen LogP contribution in [0.4, 0.5) is 5.69 Å². The molecule has 0 atom stereocenters. The summed E-state index contributed by atoms with van der Waals surface area (Å²) in [5, 5.41) is 16.2. The minimum absolute atomic E-state index is 0.0258. The van der Waals surface area contributed by atoms with Crippen molar-refractivity contribution in [2.24, 2.45) is 0 Å². The van der Waals surface area contributed by atoms with Crippen molar-refractivity contribution in [1.82, 2.24) is 10.6 Å². The number of nitrogens with zero attached hydrogens (tertiary/aromatic N) is 1. The summed E-state index contributed by atoms with van der Waals surface area (Å²) in [6, 6.07) is 12.7. The average Bonchev–Trinajstić information content (AvgIpc) is 2.68. The number of carbonyl (C=O) groups is 2. The molecule has 0 unspecified atom stereocenters. The molecule has 0 heterocycles. The number of hydrogen-bond acceptors (Lipinski definition) is 5. The number of hydrogen-bond donors (Lipinski definition) is 2. The van der Waals surface area contributed by atoms with Gasteiger partial charge in [-0.1, -0.05) is 29.8 Å². The Kier molecular flexibility index (Phi) is 7.41. The lowest BCUT2D eigenvalue weighted by Crippen LogP contribution is -2.36. The van der Waals surface area contributed by atoms with Crippen LogP contribution in [0.5, 0.6) is 0 Å². The van der Waals surface area contributed by atoms with Gasteiger partial charge in [-0.2, -0.15) is 0 Å². The Morgan fingerprint density at radius 2 is 1.89 bits per heavy atom. The van der Waals surface area contributed by atoms with E-state index >= 15 is 0 Å². The summed E-state index contributed by atoms with van der Waals surface area (Å²) >= 11 is 0. The molecule has 2 aromatic rings. The molecule has 2 rings (SSSR count). The zero-order chi connectivity index (χ0) is 20.5. The SMILES string of the molecule is COCCNC(=O)/C(=C/c1cccc([N+](=O)[O-])c1)NC(=O)c1ccc(C)cc1. The fraction of sp³-hybridized carbons (Fsp3) is 0.200. The van der Waals surface area contributed by atoms with Gasteiger partial charge < -0.3 is 15.4 Å². The van der Waals surface area contributed by atoms with Crippen molar-refractivity contribution >= 4 is 23.6 Å². The summed E-state index contributed by atoms with van der Waals surface area (Å²) in [6.45, 7) is 2.46. The van der Waals surface area contributed by atoms with Crippen molar-refractivity contribution in [3.8, 4) is 0 Å². The number of nitro groups is 1. The van der Waals surface area contributed by atoms with Crippen LogP contribution in [0, 0.1) is 17.0 Å². The van der Waals surface area contributed by atoms with Crippen LogP contribution in [-0.4, -0.2) is 37.0 Å². The maximum absolute atomic E-state index is 12.5. The first-order valence-electron chi connectivity index (χ1n) is 8.52. The molecule has 2 aromatic carbocycles. The second-order valence-corrected chi connectivity index (χ2v) is 5.98. The van der Waals surface area contributed by atoms with Gasteiger partial charge in [0.05, 0.1) is 11.5 Å². The molecule has 0 spiro atoms. The molecule has 0 radical (unpaired) electrons. The maximum atomic E-state index is 12.5. The summed E-state index contributed by atoms with van der Waals surface area (Å²) in [5.41, 5.74) is 1.66. The smallest absolute Gasteiger partial charge is 0.270 e. The van der Waals surface area contributed by atoms with Crippen molar-refractivity contribution < 1.29 is 19.2 Å². The number of aryl methyl sites for hydroxylation is 1. The third kappa shape index (κ3) is 6.03. The van der Waals surface area contributed by atoms with Crippen LogP contribution in [-0.2, 0) is 9.53 Å². The third-order valence-electron chi connectivity index (χ3n) is 3.79. The fourth-order valence-corrected chi connectivity index (χ4v) is 2.31. The fourth-order valence-electron chi connectivity index (χ4n) is 2.31. The predicted octanol–water partition coefficient (Wildman–Crippen LogP) is 2.44. The second-order valence-electron chi connectivity index (χ2n) is 5.98. The first kappa shape index (κ1) is 20.8. The minimum Gasteiger partial charge on any atom is -0.383 e. The van der Waals surface area contributed by atoms with E-state index in [0.717, 1.165) is 5.56 Å². The normalized spacial score (nSPS) is 11.0. The molecule has 146 valence electrons. The van der Waals surface area contributed by atoms with E-state index in [1.807, 2.05) is 6.92 Å². The number of amides is 2. The van der Waals surface area contributed by atoms with Gasteiger partial charge in [0, 0.05) is 31.4 Å². The lowest BCUT2D eigenvalue weighted by molar-refractivity contribution is -0.384. The Morgan fingerprint density at radius 1 is 1.18 bits per heavy atom. The highest BCUT2D eigenvalue weighted by molar-refractivity contribution is 6.05. The molecule has 0 aliphatic carbocycles. The largest absolute Gasteiger partial charge is 0.383 e. The molecule has 28 heavy (non-hydrogen) atoms. The van der Waals surface area contributed by atoms with Crippen molar-refractivity contribution in [3.63, 3.8) is 0 Å². The first-order chi connectivity index (χ1) is 13.4. The molecule has 0 saturated carbocycles. The molecule has 0 aromatic heterocycles. The van der Waals surface area contributed by atoms with Crippen molar-refractivity contribution in [1.29, 1.82) is 0 Å². The lowest BCUT2D eigenvalue weighted by Gasteiger charge is -2.11. The highest BCUT2D eigenvalue weighted by Gasteiger charge is 2.15. The van der Waals surface area contributed by atoms with E-state index in [0.29, 0.717) is 17.7 Å². The van der Waals surface area contributed by atoms with Gasteiger partial charge in [0.25, 0.3) is 17.5 Å². The molecule has 2 N–H and O–H groups in total. The van der Waals surface area contributed by atoms with Crippen LogP contribution in [0.1, 0.15) is 21.5 Å². The molecule has 8 heteroatoms. The van der Waals surface area contributed by atoms with Gasteiger partial charge in [0.15, 0.2) is 0 Å². The van der Waals surface area contributed by atoms with Crippen LogP contribution in [0.3, 0.4) is 0 Å². The van der Waals surface area contributed by atoms with Crippen LogP contribution < -0.4 is 10.6 Å². The number of nitro benzene ring substituents is 1. The van der Waals surface area contributed by atoms with Gasteiger partial charge in [-0.05, 0) is 30.7 Å². The van der Waals surface area contributed by atoms with Gasteiger partial charge in [-0.15, -0.1) is 0 Å². The molecule has 0 saturated heterocycles. The van der Waals surface area contributed by atoms with E-state index in [1.54, 1.807) is 30.3 Å². The van der Waals surface area contributed by atoms with E-state index < -0.39 is 16.7 Å². The molecule has 0 aliphatic rings. The number of nitrogens with one attached hydrogen (secondary N) is 2. The Balaban J connectivity index is 2.29. The molecular weight excluding hydrogens is 362 g/mol. The Labute approximate surface area is 162 Å². The van der Waals surface area contributed by atoms with Crippen molar-refractivity contribution in [3.05, 3.63) is 81.0 Å². The maximum Gasteiger partial charge on any atom is 0.270 e. The predicted molar refractivity (Wildman–Crippen MR) is 105 cm³/mol. The monoisotopic (exact) mass is 383 g/mol. The Bertz CT molecular complexity index is 891. The summed E-state index contributed by atoms with van der Waals surface area (Å²) in [7, 11) is 1.51. The molecule has 0 fully saturated rings. The van der Waals surface area contributed by atoms with Crippen molar-refractivity contribution in [2.45, 2.75) is 6.92 Å². The van der Waals surface area contributed by atoms with E-state index in [9.17, 15) is 19.7 Å². The van der Waals surface area contributed by atoms with Gasteiger partial charge in [0.1, 0.15) is 5.70 Å². The average molecular weight is 383 g/mol. The molecule has 0 bridgehead atoms. The minimum atomic E-state index is -0.527. The van der Waals surface area contributed by atoms with Gasteiger partial charge in [-0.25, -0.2) is 0 Å². The summed E-state index contributed by atoms with van der Waals surface area (Å²) in [6.07, 6.45) is 1.39. The Morgan fingerprint density at radius 3 is 2.54 bits per heavy atom. The zero-order valence-electron chi connectivity index (χ0n) is 15.6. The van der Waals surface area contributed by atoms with Crippen molar-refractivity contribution in [2.75, 3.05) is 20.3 Å². The van der Waals surface area contributed by atoms with E-state index in [-0.39, 0.29) is 17.9 Å². The van der Waals surface area contributed by atoms with Gasteiger partial charge in [-0.3, -0.25) is 19.7 Å². The number of rotatable bonds is 8. The number of methoxy groups -OCH3 is 1. The third-order valence-corrected chi connectivity index (χ3v) is 3.79. The van der Waals surface area contributed by atoms with E-state index in [4.69, 9.17) is 4.74 Å². The lowest BCUT2D eigenvalue weighted by atomic mass is 10.1. The molecular formula is C20H21N3O5. The van der Waals surface area contributed by atoms with Crippen LogP contribution in [0.15, 0.2) is 54.2 Å². The van der Waals surface area contributed by atoms with Gasteiger partial charge in [0.2, 0.25) is 0 Å². The van der Waals surface area contributed by atoms with Crippen LogP contribution in [0.25, 0.3) is 6.08 Å². The summed E-state index contributed by atoms with van der Waals surface area (Å²) in [4.78, 5) is 35.4.